The van der Waals surface area contributed by atoms with Gasteiger partial charge in [-0.25, -0.2) is 4.39 Å². The first-order chi connectivity index (χ1) is 14.9. The van der Waals surface area contributed by atoms with Gasteiger partial charge in [0.25, 0.3) is 11.8 Å². The van der Waals surface area contributed by atoms with E-state index in [0.29, 0.717) is 16.3 Å². The smallest absolute Gasteiger partial charge is 0.259 e. The van der Waals surface area contributed by atoms with Crippen molar-refractivity contribution in [1.29, 1.82) is 0 Å². The van der Waals surface area contributed by atoms with Gasteiger partial charge in [0.1, 0.15) is 5.82 Å². The molecule has 0 atom stereocenters. The first-order valence-corrected chi connectivity index (χ1v) is 9.78. The van der Waals surface area contributed by atoms with Crippen LogP contribution in [0.15, 0.2) is 72.3 Å². The van der Waals surface area contributed by atoms with Crippen LogP contribution in [0.2, 0.25) is 5.02 Å². The Bertz CT molecular complexity index is 1240. The summed E-state index contributed by atoms with van der Waals surface area (Å²) in [6.45, 7) is 0.209. The Balaban J connectivity index is 1.57. The van der Waals surface area contributed by atoms with Crippen molar-refractivity contribution in [3.8, 4) is 0 Å². The molecule has 0 fully saturated rings. The number of Topliss-reactive ketones (excluding diaryl/α,β-unsaturated/α-hetero) is 1. The van der Waals surface area contributed by atoms with Crippen LogP contribution >= 0.6 is 11.6 Å². The molecule has 4 rings (SSSR count). The first kappa shape index (κ1) is 20.5. The zero-order chi connectivity index (χ0) is 22.0. The molecule has 0 unspecified atom stereocenters. The second-order valence-electron chi connectivity index (χ2n) is 6.97. The topological polar surface area (TPSA) is 75.3 Å². The van der Waals surface area contributed by atoms with E-state index in [9.17, 15) is 18.8 Å². The summed E-state index contributed by atoms with van der Waals surface area (Å²) in [5, 5.41) is 5.89. The third kappa shape index (κ3) is 4.54. The van der Waals surface area contributed by atoms with E-state index in [4.69, 9.17) is 11.6 Å². The maximum atomic E-state index is 13.0. The van der Waals surface area contributed by atoms with E-state index in [1.165, 1.54) is 36.4 Å². The third-order valence-electron chi connectivity index (χ3n) is 4.79. The number of ketones is 1. The third-order valence-corrected chi connectivity index (χ3v) is 5.02. The molecule has 31 heavy (non-hydrogen) atoms. The second-order valence-corrected chi connectivity index (χ2v) is 7.40. The largest absolute Gasteiger partial charge is 0.348 e. The number of rotatable bonds is 4. The molecule has 7 heteroatoms. The number of fused-ring (bicyclic) bond motifs is 1. The van der Waals surface area contributed by atoms with Gasteiger partial charge in [0, 0.05) is 22.7 Å². The Kier molecular flexibility index (Phi) is 5.64. The highest BCUT2D eigenvalue weighted by Crippen LogP contribution is 2.28. The number of hydrogen-bond acceptors (Lipinski definition) is 3. The summed E-state index contributed by atoms with van der Waals surface area (Å²) in [5.74, 6) is -1.75. The molecule has 3 aromatic carbocycles. The molecule has 0 spiro atoms. The van der Waals surface area contributed by atoms with Crippen LogP contribution in [0.3, 0.4) is 0 Å². The van der Waals surface area contributed by atoms with E-state index in [1.54, 1.807) is 36.4 Å². The van der Waals surface area contributed by atoms with Crippen LogP contribution in [0.4, 0.5) is 10.1 Å². The van der Waals surface area contributed by atoms with Crippen LogP contribution in [0.1, 0.15) is 31.8 Å². The van der Waals surface area contributed by atoms with Crippen LogP contribution in [0.5, 0.6) is 0 Å². The molecule has 0 saturated heterocycles. The molecule has 2 amide bonds. The lowest BCUT2D eigenvalue weighted by molar-refractivity contribution is -0.112. The van der Waals surface area contributed by atoms with Gasteiger partial charge in [-0.3, -0.25) is 14.4 Å². The monoisotopic (exact) mass is 434 g/mol. The van der Waals surface area contributed by atoms with Crippen LogP contribution in [-0.4, -0.2) is 17.6 Å². The maximum absolute atomic E-state index is 13.0. The van der Waals surface area contributed by atoms with Gasteiger partial charge in [-0.15, -0.1) is 0 Å². The SMILES string of the molecule is O=C1Nc2ccc(C(=O)NCc3ccc(F)cc3)cc2C(=O)/C1=C\c1cccc(Cl)c1. The standard InChI is InChI=1S/C24H16ClFN2O3/c25-17-3-1-2-15(10-17)11-20-22(29)19-12-16(6-9-21(19)28-24(20)31)23(30)27-13-14-4-7-18(26)8-5-14/h1-12H,13H2,(H,27,30)(H,28,31)/b20-11+. The predicted molar refractivity (Wildman–Crippen MR) is 116 cm³/mol. The zero-order valence-corrected chi connectivity index (χ0v) is 16.9. The lowest BCUT2D eigenvalue weighted by atomic mass is 9.93. The van der Waals surface area contributed by atoms with Crippen molar-refractivity contribution in [3.63, 3.8) is 0 Å². The number of carbonyl (C=O) groups excluding carboxylic acids is 3. The molecule has 0 aromatic heterocycles. The van der Waals surface area contributed by atoms with Gasteiger partial charge in [0.2, 0.25) is 5.78 Å². The van der Waals surface area contributed by atoms with Crippen molar-refractivity contribution < 1.29 is 18.8 Å². The molecule has 2 N–H and O–H groups in total. The highest BCUT2D eigenvalue weighted by molar-refractivity contribution is 6.36. The molecule has 0 radical (unpaired) electrons. The molecule has 0 aliphatic carbocycles. The van der Waals surface area contributed by atoms with Gasteiger partial charge in [-0.1, -0.05) is 35.9 Å². The highest BCUT2D eigenvalue weighted by atomic mass is 35.5. The summed E-state index contributed by atoms with van der Waals surface area (Å²) in [6.07, 6.45) is 1.47. The Morgan fingerprint density at radius 3 is 2.55 bits per heavy atom. The number of carbonyl (C=O) groups is 3. The fourth-order valence-corrected chi connectivity index (χ4v) is 3.40. The van der Waals surface area contributed by atoms with Crippen LogP contribution in [-0.2, 0) is 11.3 Å². The normalized spacial score (nSPS) is 14.2. The predicted octanol–water partition coefficient (Wildman–Crippen LogP) is 4.63. The Labute approximate surface area is 182 Å². The second kappa shape index (κ2) is 8.53. The summed E-state index contributed by atoms with van der Waals surface area (Å²) in [4.78, 5) is 37.9. The molecule has 0 bridgehead atoms. The van der Waals surface area contributed by atoms with Crippen LogP contribution in [0, 0.1) is 5.82 Å². The average molecular weight is 435 g/mol. The van der Waals surface area contributed by atoms with E-state index in [0.717, 1.165) is 5.56 Å². The average Bonchev–Trinajstić information content (AvgIpc) is 2.76. The van der Waals surface area contributed by atoms with Crippen LogP contribution in [0.25, 0.3) is 6.08 Å². The fourth-order valence-electron chi connectivity index (χ4n) is 3.20. The minimum Gasteiger partial charge on any atom is -0.348 e. The first-order valence-electron chi connectivity index (χ1n) is 9.41. The Hall–Kier alpha value is -3.77. The zero-order valence-electron chi connectivity index (χ0n) is 16.1. The molecule has 1 aliphatic rings. The van der Waals surface area contributed by atoms with Crippen molar-refractivity contribution in [1.82, 2.24) is 5.32 Å². The fraction of sp³-hybridized carbons (Fsp3) is 0.0417. The lowest BCUT2D eigenvalue weighted by Crippen LogP contribution is -2.28. The number of halogens is 2. The molecule has 1 heterocycles. The minimum absolute atomic E-state index is 0.0429. The van der Waals surface area contributed by atoms with Gasteiger partial charge in [0.05, 0.1) is 11.3 Å². The molecular weight excluding hydrogens is 419 g/mol. The molecule has 0 saturated carbocycles. The van der Waals surface area contributed by atoms with E-state index >= 15 is 0 Å². The summed E-state index contributed by atoms with van der Waals surface area (Å²) in [7, 11) is 0. The number of hydrogen-bond donors (Lipinski definition) is 2. The number of benzene rings is 3. The number of nitrogens with one attached hydrogen (secondary N) is 2. The van der Waals surface area contributed by atoms with Crippen molar-refractivity contribution in [3.05, 3.63) is 105 Å². The molecule has 3 aromatic rings. The van der Waals surface area contributed by atoms with E-state index in [-0.39, 0.29) is 29.1 Å². The van der Waals surface area contributed by atoms with Crippen LogP contribution < -0.4 is 10.6 Å². The number of amides is 2. The molecule has 5 nitrogen and oxygen atoms in total. The summed E-state index contributed by atoms with van der Waals surface area (Å²) < 4.78 is 13.0. The van der Waals surface area contributed by atoms with Gasteiger partial charge < -0.3 is 10.6 Å². The van der Waals surface area contributed by atoms with Gasteiger partial charge >= 0.3 is 0 Å². The van der Waals surface area contributed by atoms with Crippen molar-refractivity contribution in [2.45, 2.75) is 6.54 Å². The molecule has 154 valence electrons. The summed E-state index contributed by atoms with van der Waals surface area (Å²) in [5.41, 5.74) is 2.15. The van der Waals surface area contributed by atoms with Gasteiger partial charge in [0.15, 0.2) is 0 Å². The quantitative estimate of drug-likeness (QED) is 0.464. The highest BCUT2D eigenvalue weighted by Gasteiger charge is 2.29. The van der Waals surface area contributed by atoms with Crippen molar-refractivity contribution >= 4 is 41.0 Å². The van der Waals surface area contributed by atoms with Gasteiger partial charge in [-0.05, 0) is 59.7 Å². The van der Waals surface area contributed by atoms with E-state index in [1.807, 2.05) is 0 Å². The maximum Gasteiger partial charge on any atom is 0.259 e. The van der Waals surface area contributed by atoms with E-state index < -0.39 is 17.6 Å². The Morgan fingerprint density at radius 1 is 1.03 bits per heavy atom. The molecular formula is C24H16ClFN2O3. The Morgan fingerprint density at radius 2 is 1.81 bits per heavy atom. The lowest BCUT2D eigenvalue weighted by Gasteiger charge is -2.19. The summed E-state index contributed by atoms with van der Waals surface area (Å²) in [6, 6.07) is 17.1. The van der Waals surface area contributed by atoms with Crippen molar-refractivity contribution in [2.75, 3.05) is 5.32 Å². The van der Waals surface area contributed by atoms with E-state index in [2.05, 4.69) is 10.6 Å². The van der Waals surface area contributed by atoms with Crippen molar-refractivity contribution in [2.24, 2.45) is 0 Å². The number of anilines is 1. The minimum atomic E-state index is -0.522. The van der Waals surface area contributed by atoms with Gasteiger partial charge in [-0.2, -0.15) is 0 Å². The molecule has 1 aliphatic heterocycles. The summed E-state index contributed by atoms with van der Waals surface area (Å²) >= 11 is 5.98.